The number of fused-ring (bicyclic) bond motifs is 1. The highest BCUT2D eigenvalue weighted by Gasteiger charge is 2.16. The SMILES string of the molecule is O=C(Cn1c(=O)cnc2ccccc21)NNS(=O)(=O)c1ccc(C(=O)O)cc1. The van der Waals surface area contributed by atoms with Crippen LogP contribution in [-0.2, 0) is 21.4 Å². The number of nitrogens with one attached hydrogen (secondary N) is 2. The summed E-state index contributed by atoms with van der Waals surface area (Å²) < 4.78 is 25.6. The Kier molecular flexibility index (Phi) is 5.20. The van der Waals surface area contributed by atoms with Gasteiger partial charge in [-0.05, 0) is 36.4 Å². The van der Waals surface area contributed by atoms with Gasteiger partial charge in [-0.25, -0.2) is 18.2 Å². The van der Waals surface area contributed by atoms with Gasteiger partial charge >= 0.3 is 5.97 Å². The maximum atomic E-state index is 12.2. The van der Waals surface area contributed by atoms with E-state index in [1.54, 1.807) is 24.3 Å². The highest BCUT2D eigenvalue weighted by atomic mass is 32.2. The summed E-state index contributed by atoms with van der Waals surface area (Å²) in [7, 11) is -4.12. The van der Waals surface area contributed by atoms with Gasteiger partial charge in [0.25, 0.3) is 21.5 Å². The number of aromatic carboxylic acids is 1. The largest absolute Gasteiger partial charge is 0.478 e. The predicted octanol–water partition coefficient (Wildman–Crippen LogP) is 0.104. The topological polar surface area (TPSA) is 147 Å². The summed E-state index contributed by atoms with van der Waals surface area (Å²) in [5.74, 6) is -1.97. The number of carboxylic acids is 1. The number of aromatic nitrogens is 2. The molecule has 0 aliphatic carbocycles. The van der Waals surface area contributed by atoms with Gasteiger partial charge in [-0.15, -0.1) is 4.83 Å². The van der Waals surface area contributed by atoms with Crippen LogP contribution < -0.4 is 15.8 Å². The van der Waals surface area contributed by atoms with Crippen LogP contribution in [0.2, 0.25) is 0 Å². The molecule has 11 heteroatoms. The molecule has 28 heavy (non-hydrogen) atoms. The van der Waals surface area contributed by atoms with Gasteiger partial charge in [0, 0.05) is 0 Å². The third-order valence-electron chi connectivity index (χ3n) is 3.79. The number of amides is 1. The average molecular weight is 402 g/mol. The second kappa shape index (κ2) is 7.58. The molecule has 0 aliphatic heterocycles. The average Bonchev–Trinajstić information content (AvgIpc) is 2.69. The quantitative estimate of drug-likeness (QED) is 0.496. The zero-order chi connectivity index (χ0) is 20.3. The number of hydrogen-bond acceptors (Lipinski definition) is 6. The van der Waals surface area contributed by atoms with E-state index < -0.39 is 34.0 Å². The molecule has 1 heterocycles. The number of sulfonamides is 1. The number of nitrogens with zero attached hydrogens (tertiary/aromatic N) is 2. The van der Waals surface area contributed by atoms with Crippen molar-refractivity contribution < 1.29 is 23.1 Å². The molecule has 10 nitrogen and oxygen atoms in total. The molecule has 2 aromatic carbocycles. The van der Waals surface area contributed by atoms with Crippen LogP contribution in [0.1, 0.15) is 10.4 Å². The van der Waals surface area contributed by atoms with Crippen molar-refractivity contribution >= 4 is 32.9 Å². The van der Waals surface area contributed by atoms with Gasteiger partial charge in [0.15, 0.2) is 0 Å². The van der Waals surface area contributed by atoms with Gasteiger partial charge in [0.2, 0.25) is 0 Å². The lowest BCUT2D eigenvalue weighted by atomic mass is 10.2. The summed E-state index contributed by atoms with van der Waals surface area (Å²) in [5, 5.41) is 8.84. The zero-order valence-electron chi connectivity index (χ0n) is 14.2. The number of hydrazine groups is 1. The molecule has 1 aromatic heterocycles. The van der Waals surface area contributed by atoms with Crippen molar-refractivity contribution in [2.24, 2.45) is 0 Å². The zero-order valence-corrected chi connectivity index (χ0v) is 15.0. The molecule has 0 aliphatic rings. The Morgan fingerprint density at radius 3 is 2.43 bits per heavy atom. The molecule has 0 bridgehead atoms. The van der Waals surface area contributed by atoms with Crippen LogP contribution in [0.25, 0.3) is 11.0 Å². The fourth-order valence-electron chi connectivity index (χ4n) is 2.42. The fourth-order valence-corrected chi connectivity index (χ4v) is 3.28. The summed E-state index contributed by atoms with van der Waals surface area (Å²) in [4.78, 5) is 40.6. The van der Waals surface area contributed by atoms with E-state index in [4.69, 9.17) is 5.11 Å². The lowest BCUT2D eigenvalue weighted by Crippen LogP contribution is -2.44. The predicted molar refractivity (Wildman–Crippen MR) is 97.9 cm³/mol. The highest BCUT2D eigenvalue weighted by molar-refractivity contribution is 7.89. The lowest BCUT2D eigenvalue weighted by Gasteiger charge is -2.11. The Balaban J connectivity index is 1.73. The second-order valence-corrected chi connectivity index (χ2v) is 7.34. The Bertz CT molecular complexity index is 1220. The molecule has 0 unspecified atom stereocenters. The molecular weight excluding hydrogens is 388 g/mol. The van der Waals surface area contributed by atoms with E-state index in [-0.39, 0.29) is 10.5 Å². The van der Waals surface area contributed by atoms with Crippen molar-refractivity contribution in [3.05, 3.63) is 70.6 Å². The van der Waals surface area contributed by atoms with E-state index in [0.29, 0.717) is 11.0 Å². The maximum absolute atomic E-state index is 12.2. The first-order chi connectivity index (χ1) is 13.3. The van der Waals surface area contributed by atoms with Crippen molar-refractivity contribution in [3.8, 4) is 0 Å². The standard InChI is InChI=1S/C17H14N4O6S/c22-15(10-21-14-4-2-1-3-13(14)18-9-16(21)23)19-20-28(26,27)12-7-5-11(6-8-12)17(24)25/h1-9,20H,10H2,(H,19,22)(H,24,25). The third kappa shape index (κ3) is 4.05. The second-order valence-electron chi connectivity index (χ2n) is 5.65. The van der Waals surface area contributed by atoms with E-state index >= 15 is 0 Å². The summed E-state index contributed by atoms with van der Waals surface area (Å²) in [6.45, 7) is -0.428. The number of hydrogen-bond donors (Lipinski definition) is 3. The number of benzene rings is 2. The Hall–Kier alpha value is -3.57. The molecule has 0 fully saturated rings. The molecule has 0 saturated carbocycles. The molecule has 0 atom stereocenters. The van der Waals surface area contributed by atoms with Crippen LogP contribution in [0.15, 0.2) is 64.4 Å². The molecule has 3 aromatic rings. The van der Waals surface area contributed by atoms with Gasteiger partial charge < -0.3 is 5.11 Å². The summed E-state index contributed by atoms with van der Waals surface area (Å²) in [6, 6.07) is 11.1. The smallest absolute Gasteiger partial charge is 0.335 e. The van der Waals surface area contributed by atoms with Crippen LogP contribution >= 0.6 is 0 Å². The fraction of sp³-hybridized carbons (Fsp3) is 0.0588. The first-order valence-electron chi connectivity index (χ1n) is 7.86. The molecule has 3 N–H and O–H groups in total. The van der Waals surface area contributed by atoms with Crippen molar-refractivity contribution in [2.45, 2.75) is 11.4 Å². The third-order valence-corrected chi connectivity index (χ3v) is 5.05. The number of rotatable bonds is 6. The van der Waals surface area contributed by atoms with Crippen molar-refractivity contribution in [3.63, 3.8) is 0 Å². The van der Waals surface area contributed by atoms with E-state index in [9.17, 15) is 22.8 Å². The number of carbonyl (C=O) groups excluding carboxylic acids is 1. The van der Waals surface area contributed by atoms with Crippen molar-refractivity contribution in [1.82, 2.24) is 19.8 Å². The van der Waals surface area contributed by atoms with E-state index in [1.165, 1.54) is 0 Å². The van der Waals surface area contributed by atoms with E-state index in [1.807, 2.05) is 10.3 Å². The summed E-state index contributed by atoms with van der Waals surface area (Å²) in [5.41, 5.74) is 2.37. The monoisotopic (exact) mass is 402 g/mol. The molecule has 144 valence electrons. The van der Waals surface area contributed by atoms with E-state index in [2.05, 4.69) is 4.98 Å². The highest BCUT2D eigenvalue weighted by Crippen LogP contribution is 2.10. The van der Waals surface area contributed by atoms with Gasteiger partial charge in [-0.3, -0.25) is 19.6 Å². The summed E-state index contributed by atoms with van der Waals surface area (Å²) in [6.07, 6.45) is 1.07. The Morgan fingerprint density at radius 2 is 1.75 bits per heavy atom. The first-order valence-corrected chi connectivity index (χ1v) is 9.35. The van der Waals surface area contributed by atoms with E-state index in [0.717, 1.165) is 35.0 Å². The minimum atomic E-state index is -4.12. The van der Waals surface area contributed by atoms with Crippen LogP contribution in [0.5, 0.6) is 0 Å². The Labute approximate surface area is 158 Å². The molecule has 3 rings (SSSR count). The van der Waals surface area contributed by atoms with Crippen LogP contribution in [0.4, 0.5) is 0 Å². The van der Waals surface area contributed by atoms with Crippen molar-refractivity contribution in [2.75, 3.05) is 0 Å². The number of para-hydroxylation sites is 2. The normalized spacial score (nSPS) is 11.3. The molecule has 1 amide bonds. The van der Waals surface area contributed by atoms with Crippen LogP contribution in [0.3, 0.4) is 0 Å². The van der Waals surface area contributed by atoms with Gasteiger partial charge in [0.1, 0.15) is 6.54 Å². The minimum Gasteiger partial charge on any atom is -0.478 e. The number of carboxylic acid groups (broad SMARTS) is 1. The molecule has 0 saturated heterocycles. The lowest BCUT2D eigenvalue weighted by molar-refractivity contribution is -0.122. The number of carbonyl (C=O) groups is 2. The maximum Gasteiger partial charge on any atom is 0.335 e. The molecule has 0 spiro atoms. The van der Waals surface area contributed by atoms with Gasteiger partial charge in [0.05, 0.1) is 27.7 Å². The first kappa shape index (κ1) is 19.2. The van der Waals surface area contributed by atoms with Gasteiger partial charge in [-0.2, -0.15) is 0 Å². The van der Waals surface area contributed by atoms with Crippen molar-refractivity contribution in [1.29, 1.82) is 0 Å². The van der Waals surface area contributed by atoms with Crippen LogP contribution in [-0.4, -0.2) is 35.0 Å². The Morgan fingerprint density at radius 1 is 1.07 bits per heavy atom. The van der Waals surface area contributed by atoms with Crippen LogP contribution in [0, 0.1) is 0 Å². The van der Waals surface area contributed by atoms with Gasteiger partial charge in [-0.1, -0.05) is 12.1 Å². The molecule has 0 radical (unpaired) electrons. The summed E-state index contributed by atoms with van der Waals surface area (Å²) >= 11 is 0. The molecular formula is C17H14N4O6S. The minimum absolute atomic E-state index is 0.0769.